The highest BCUT2D eigenvalue weighted by atomic mass is 32.2. The van der Waals surface area contributed by atoms with E-state index < -0.39 is 11.9 Å². The molecule has 0 aliphatic heterocycles. The Morgan fingerprint density at radius 2 is 2.13 bits per heavy atom. The number of nitrogens with one attached hydrogen (secondary N) is 1. The van der Waals surface area contributed by atoms with E-state index in [1.54, 1.807) is 6.92 Å². The third-order valence-corrected chi connectivity index (χ3v) is 5.41. The number of phenols is 1. The van der Waals surface area contributed by atoms with Gasteiger partial charge in [-0.05, 0) is 6.92 Å². The molecule has 162 valence electrons. The summed E-state index contributed by atoms with van der Waals surface area (Å²) in [5.41, 5.74) is 6.67. The number of hydrogen-bond donors (Lipinski definition) is 3. The van der Waals surface area contributed by atoms with Gasteiger partial charge in [0.2, 0.25) is 0 Å². The van der Waals surface area contributed by atoms with Crippen LogP contribution in [-0.4, -0.2) is 58.5 Å². The molecule has 1 amide bonds. The Balaban J connectivity index is 1.94. The van der Waals surface area contributed by atoms with Crippen LogP contribution in [0.1, 0.15) is 33.2 Å². The van der Waals surface area contributed by atoms with Gasteiger partial charge in [-0.25, -0.2) is 4.79 Å². The first kappa shape index (κ1) is 23.6. The Morgan fingerprint density at radius 3 is 2.73 bits per heavy atom. The van der Waals surface area contributed by atoms with Crippen LogP contribution >= 0.6 is 24.0 Å². The van der Waals surface area contributed by atoms with Crippen molar-refractivity contribution in [1.29, 1.82) is 0 Å². The lowest BCUT2D eigenvalue weighted by Gasteiger charge is -2.16. The second-order valence-electron chi connectivity index (χ2n) is 5.93. The summed E-state index contributed by atoms with van der Waals surface area (Å²) in [6, 6.07) is 1.46. The summed E-state index contributed by atoms with van der Waals surface area (Å²) in [5.74, 6) is 0.263. The smallest absolute Gasteiger partial charge is 0.338 e. The highest BCUT2D eigenvalue weighted by Gasteiger charge is 2.22. The number of methoxy groups -OCH3 is 2. The molecule has 0 unspecified atom stereocenters. The largest absolute Gasteiger partial charge is 0.507 e. The average Bonchev–Trinajstić information content (AvgIpc) is 3.23. The number of nitrogens with zero attached hydrogens (tertiary/aromatic N) is 2. The fourth-order valence-corrected chi connectivity index (χ4v) is 3.59. The molecule has 0 radical (unpaired) electrons. The Morgan fingerprint density at radius 1 is 1.40 bits per heavy atom. The maximum Gasteiger partial charge on any atom is 0.338 e. The van der Waals surface area contributed by atoms with Crippen molar-refractivity contribution in [2.75, 3.05) is 26.5 Å². The molecular formula is C18H22N4O6S2. The van der Waals surface area contributed by atoms with Gasteiger partial charge in [0.15, 0.2) is 10.7 Å². The van der Waals surface area contributed by atoms with Crippen LogP contribution in [-0.2, 0) is 21.8 Å². The van der Waals surface area contributed by atoms with Gasteiger partial charge in [-0.2, -0.15) is 16.7 Å². The van der Waals surface area contributed by atoms with E-state index in [-0.39, 0.29) is 34.4 Å². The van der Waals surface area contributed by atoms with Gasteiger partial charge >= 0.3 is 5.97 Å². The van der Waals surface area contributed by atoms with Crippen molar-refractivity contribution < 1.29 is 28.7 Å². The second kappa shape index (κ2) is 10.9. The molecule has 10 nitrogen and oxygen atoms in total. The minimum absolute atomic E-state index is 0.0584. The molecule has 12 heteroatoms. The van der Waals surface area contributed by atoms with Crippen LogP contribution in [0.4, 0.5) is 0 Å². The van der Waals surface area contributed by atoms with Crippen molar-refractivity contribution in [3.05, 3.63) is 34.5 Å². The standard InChI is InChI=1S/C18H22N4O6S2/c1-9-12(26-2)6-11(23)10(14(9)18(25)27-3)8-30-5-4-20-16(24)15(29)17-21-13(7-19)22-28-17/h6,23H,4-5,7-8,19H2,1-3H3,(H,20,24). The van der Waals surface area contributed by atoms with Crippen molar-refractivity contribution in [3.8, 4) is 11.5 Å². The lowest BCUT2D eigenvalue weighted by Crippen LogP contribution is -2.32. The van der Waals surface area contributed by atoms with E-state index >= 15 is 0 Å². The predicted octanol–water partition coefficient (Wildman–Crippen LogP) is 1.11. The zero-order chi connectivity index (χ0) is 22.3. The van der Waals surface area contributed by atoms with Crippen molar-refractivity contribution in [1.82, 2.24) is 15.5 Å². The van der Waals surface area contributed by atoms with E-state index in [1.807, 2.05) is 0 Å². The van der Waals surface area contributed by atoms with E-state index in [1.165, 1.54) is 32.0 Å². The molecule has 0 spiro atoms. The maximum absolute atomic E-state index is 12.2. The van der Waals surface area contributed by atoms with Gasteiger partial charge in [-0.3, -0.25) is 4.79 Å². The van der Waals surface area contributed by atoms with E-state index in [4.69, 9.17) is 31.9 Å². The van der Waals surface area contributed by atoms with Crippen LogP contribution in [0.2, 0.25) is 0 Å². The summed E-state index contributed by atoms with van der Waals surface area (Å²) in [4.78, 5) is 28.1. The van der Waals surface area contributed by atoms with Gasteiger partial charge in [-0.15, -0.1) is 0 Å². The molecule has 1 aromatic carbocycles. The Hall–Kier alpha value is -2.70. The van der Waals surface area contributed by atoms with E-state index in [9.17, 15) is 14.7 Å². The molecule has 1 aromatic heterocycles. The first-order valence-electron chi connectivity index (χ1n) is 8.74. The number of aromatic hydroxyl groups is 1. The number of aromatic nitrogens is 2. The van der Waals surface area contributed by atoms with Crippen LogP contribution in [0.3, 0.4) is 0 Å². The quantitative estimate of drug-likeness (QED) is 0.205. The van der Waals surface area contributed by atoms with E-state index in [0.29, 0.717) is 34.9 Å². The zero-order valence-corrected chi connectivity index (χ0v) is 18.3. The van der Waals surface area contributed by atoms with Crippen molar-refractivity contribution in [2.45, 2.75) is 19.2 Å². The number of carbonyl (C=O) groups is 2. The van der Waals surface area contributed by atoms with Crippen LogP contribution < -0.4 is 15.8 Å². The number of ether oxygens (including phenoxy) is 2. The maximum atomic E-state index is 12.2. The van der Waals surface area contributed by atoms with Crippen LogP contribution in [0.25, 0.3) is 0 Å². The van der Waals surface area contributed by atoms with Gasteiger partial charge in [-0.1, -0.05) is 17.4 Å². The Kier molecular flexibility index (Phi) is 8.57. The number of esters is 1. The minimum atomic E-state index is -0.563. The number of phenolic OH excluding ortho intramolecular Hbond substituents is 1. The number of rotatable bonds is 10. The third-order valence-electron chi connectivity index (χ3n) is 4.06. The van der Waals surface area contributed by atoms with Crippen LogP contribution in [0.5, 0.6) is 11.5 Å². The van der Waals surface area contributed by atoms with Crippen molar-refractivity contribution >= 4 is 40.7 Å². The number of nitrogens with two attached hydrogens (primary N) is 1. The number of thioether (sulfide) groups is 1. The van der Waals surface area contributed by atoms with E-state index in [2.05, 4.69) is 15.5 Å². The topological polar surface area (TPSA) is 150 Å². The molecule has 2 rings (SSSR count). The summed E-state index contributed by atoms with van der Waals surface area (Å²) in [6.07, 6.45) is 0. The Labute approximate surface area is 182 Å². The van der Waals surface area contributed by atoms with Gasteiger partial charge in [0, 0.05) is 35.2 Å². The SMILES string of the molecule is COC(=O)c1c(C)c(OC)cc(O)c1CSCCNC(=O)C(=S)c1nc(CN)no1. The highest BCUT2D eigenvalue weighted by Crippen LogP contribution is 2.35. The van der Waals surface area contributed by atoms with Crippen molar-refractivity contribution in [2.24, 2.45) is 5.73 Å². The normalized spacial score (nSPS) is 10.5. The first-order chi connectivity index (χ1) is 14.3. The molecule has 0 saturated carbocycles. The zero-order valence-electron chi connectivity index (χ0n) is 16.7. The number of carbonyl (C=O) groups excluding carboxylic acids is 2. The molecule has 0 aliphatic carbocycles. The monoisotopic (exact) mass is 454 g/mol. The fourth-order valence-electron chi connectivity index (χ4n) is 2.55. The fraction of sp³-hybridized carbons (Fsp3) is 0.389. The molecule has 30 heavy (non-hydrogen) atoms. The van der Waals surface area contributed by atoms with E-state index in [0.717, 1.165) is 0 Å². The van der Waals surface area contributed by atoms with Gasteiger partial charge in [0.1, 0.15) is 11.5 Å². The summed E-state index contributed by atoms with van der Waals surface area (Å²) < 4.78 is 14.9. The minimum Gasteiger partial charge on any atom is -0.507 e. The summed E-state index contributed by atoms with van der Waals surface area (Å²) in [6.45, 7) is 2.09. The summed E-state index contributed by atoms with van der Waals surface area (Å²) in [5, 5.41) is 16.6. The number of amides is 1. The molecule has 0 atom stereocenters. The van der Waals surface area contributed by atoms with Gasteiger partial charge in [0.25, 0.3) is 11.8 Å². The molecule has 1 heterocycles. The summed E-state index contributed by atoms with van der Waals surface area (Å²) in [7, 11) is 2.73. The number of thiocarbonyl (C=S) groups is 1. The highest BCUT2D eigenvalue weighted by molar-refractivity contribution is 7.98. The first-order valence-corrected chi connectivity index (χ1v) is 10.3. The predicted molar refractivity (Wildman–Crippen MR) is 114 cm³/mol. The average molecular weight is 455 g/mol. The lowest BCUT2D eigenvalue weighted by atomic mass is 10.0. The molecule has 2 aromatic rings. The lowest BCUT2D eigenvalue weighted by molar-refractivity contribution is -0.114. The van der Waals surface area contributed by atoms with Crippen LogP contribution in [0.15, 0.2) is 10.6 Å². The molecular weight excluding hydrogens is 432 g/mol. The van der Waals surface area contributed by atoms with Gasteiger partial charge in [0.05, 0.1) is 26.3 Å². The Bertz CT molecular complexity index is 947. The molecule has 0 aliphatic rings. The number of hydrogen-bond acceptors (Lipinski definition) is 11. The molecule has 0 fully saturated rings. The summed E-state index contributed by atoms with van der Waals surface area (Å²) >= 11 is 6.43. The van der Waals surface area contributed by atoms with Crippen LogP contribution in [0, 0.1) is 6.92 Å². The second-order valence-corrected chi connectivity index (χ2v) is 7.44. The number of benzene rings is 1. The third kappa shape index (κ3) is 5.46. The molecule has 4 N–H and O–H groups in total. The molecule has 0 saturated heterocycles. The molecule has 0 bridgehead atoms. The van der Waals surface area contributed by atoms with Crippen molar-refractivity contribution in [3.63, 3.8) is 0 Å². The van der Waals surface area contributed by atoms with Gasteiger partial charge < -0.3 is 30.2 Å².